The molecule has 76 valence electrons. The van der Waals surface area contributed by atoms with Crippen molar-refractivity contribution < 1.29 is 4.57 Å². The fourth-order valence-electron chi connectivity index (χ4n) is 2.86. The summed E-state index contributed by atoms with van der Waals surface area (Å²) in [6.07, 6.45) is 5.56. The van der Waals surface area contributed by atoms with Gasteiger partial charge in [0.1, 0.15) is 0 Å². The van der Waals surface area contributed by atoms with Crippen LogP contribution in [0.1, 0.15) is 48.7 Å². The Hall–Kier alpha value is -0.850. The fourth-order valence-corrected chi connectivity index (χ4v) is 2.86. The minimum absolute atomic E-state index is 0.774. The maximum absolute atomic E-state index is 2.53. The van der Waals surface area contributed by atoms with Crippen molar-refractivity contribution in [2.24, 2.45) is 0 Å². The van der Waals surface area contributed by atoms with Gasteiger partial charge in [-0.3, -0.25) is 0 Å². The van der Waals surface area contributed by atoms with Crippen LogP contribution >= 0.6 is 0 Å². The van der Waals surface area contributed by atoms with Crippen molar-refractivity contribution in [2.45, 2.75) is 52.5 Å². The van der Waals surface area contributed by atoms with Gasteiger partial charge in [-0.15, -0.1) is 0 Å². The highest BCUT2D eigenvalue weighted by molar-refractivity contribution is 5.13. The van der Waals surface area contributed by atoms with Gasteiger partial charge in [-0.2, -0.15) is 4.57 Å². The van der Waals surface area contributed by atoms with Crippen LogP contribution in [0.15, 0.2) is 12.1 Å². The van der Waals surface area contributed by atoms with Crippen LogP contribution in [0, 0.1) is 20.8 Å². The van der Waals surface area contributed by atoms with Crippen molar-refractivity contribution in [1.82, 2.24) is 0 Å². The monoisotopic (exact) mass is 190 g/mol. The summed E-state index contributed by atoms with van der Waals surface area (Å²) in [5.41, 5.74) is 4.23. The summed E-state index contributed by atoms with van der Waals surface area (Å²) in [7, 11) is 0. The molecule has 0 radical (unpaired) electrons. The van der Waals surface area contributed by atoms with E-state index in [2.05, 4.69) is 37.5 Å². The lowest BCUT2D eigenvalue weighted by atomic mass is 10.1. The molecule has 1 aliphatic carbocycles. The average molecular weight is 190 g/mol. The van der Waals surface area contributed by atoms with Gasteiger partial charge in [0.2, 0.25) is 0 Å². The van der Waals surface area contributed by atoms with Gasteiger partial charge >= 0.3 is 0 Å². The van der Waals surface area contributed by atoms with Gasteiger partial charge in [0.15, 0.2) is 17.4 Å². The first-order valence-electron chi connectivity index (χ1n) is 5.68. The largest absolute Gasteiger partial charge is 0.198 e. The fraction of sp³-hybridized carbons (Fsp3) is 0.615. The van der Waals surface area contributed by atoms with E-state index in [1.807, 2.05) is 0 Å². The van der Waals surface area contributed by atoms with Crippen LogP contribution in [0.25, 0.3) is 0 Å². The van der Waals surface area contributed by atoms with Gasteiger partial charge in [0.25, 0.3) is 0 Å². The number of rotatable bonds is 1. The molecule has 1 saturated carbocycles. The molecular weight excluding hydrogens is 170 g/mol. The zero-order chi connectivity index (χ0) is 10.1. The highest BCUT2D eigenvalue weighted by Gasteiger charge is 2.26. The third-order valence-corrected chi connectivity index (χ3v) is 3.32. The summed E-state index contributed by atoms with van der Waals surface area (Å²) in [5.74, 6) is 0. The number of hydrogen-bond donors (Lipinski definition) is 0. The second-order valence-electron chi connectivity index (χ2n) is 4.62. The Morgan fingerprint density at radius 3 is 2.00 bits per heavy atom. The van der Waals surface area contributed by atoms with Gasteiger partial charge in [-0.25, -0.2) is 0 Å². The minimum atomic E-state index is 0.774. The molecule has 1 nitrogen and oxygen atoms in total. The van der Waals surface area contributed by atoms with Crippen molar-refractivity contribution in [3.8, 4) is 0 Å². The molecule has 0 aliphatic heterocycles. The molecule has 2 rings (SSSR count). The lowest BCUT2D eigenvalue weighted by Crippen LogP contribution is -2.44. The van der Waals surface area contributed by atoms with E-state index >= 15 is 0 Å². The molecule has 0 aromatic carbocycles. The summed E-state index contributed by atoms with van der Waals surface area (Å²) in [6, 6.07) is 5.37. The summed E-state index contributed by atoms with van der Waals surface area (Å²) in [6.45, 7) is 6.65. The molecule has 0 amide bonds. The molecule has 14 heavy (non-hydrogen) atoms. The number of pyridine rings is 1. The molecule has 0 atom stereocenters. The second-order valence-corrected chi connectivity index (χ2v) is 4.62. The van der Waals surface area contributed by atoms with Crippen molar-refractivity contribution in [3.05, 3.63) is 29.1 Å². The van der Waals surface area contributed by atoms with E-state index in [1.54, 1.807) is 0 Å². The Labute approximate surface area is 86.8 Å². The average Bonchev–Trinajstić information content (AvgIpc) is 2.54. The van der Waals surface area contributed by atoms with Crippen LogP contribution in [0.5, 0.6) is 0 Å². The normalized spacial score (nSPS) is 17.6. The highest BCUT2D eigenvalue weighted by atomic mass is 15.0. The minimum Gasteiger partial charge on any atom is -0.198 e. The van der Waals surface area contributed by atoms with Gasteiger partial charge in [0, 0.05) is 38.8 Å². The third kappa shape index (κ3) is 1.68. The topological polar surface area (TPSA) is 3.88 Å². The van der Waals surface area contributed by atoms with Gasteiger partial charge in [-0.05, 0) is 25.3 Å². The predicted octanol–water partition coefficient (Wildman–Crippen LogP) is 3.01. The van der Waals surface area contributed by atoms with Crippen LogP contribution < -0.4 is 4.57 Å². The maximum Gasteiger partial charge on any atom is 0.178 e. The van der Waals surface area contributed by atoms with E-state index in [1.165, 1.54) is 42.6 Å². The summed E-state index contributed by atoms with van der Waals surface area (Å²) in [4.78, 5) is 0. The number of hydrogen-bond acceptors (Lipinski definition) is 0. The molecule has 0 saturated heterocycles. The lowest BCUT2D eigenvalue weighted by molar-refractivity contribution is -0.732. The Kier molecular flexibility index (Phi) is 2.58. The number of nitrogens with zero attached hydrogens (tertiary/aromatic N) is 1. The van der Waals surface area contributed by atoms with E-state index < -0.39 is 0 Å². The molecule has 0 spiro atoms. The molecule has 0 unspecified atom stereocenters. The first kappa shape index (κ1) is 9.70. The van der Waals surface area contributed by atoms with E-state index in [4.69, 9.17) is 0 Å². The molecule has 1 aliphatic rings. The van der Waals surface area contributed by atoms with Crippen molar-refractivity contribution in [1.29, 1.82) is 0 Å². The van der Waals surface area contributed by atoms with Crippen LogP contribution in [0.4, 0.5) is 0 Å². The van der Waals surface area contributed by atoms with E-state index in [0.717, 1.165) is 6.04 Å². The van der Waals surface area contributed by atoms with Crippen molar-refractivity contribution in [2.75, 3.05) is 0 Å². The Bertz CT molecular complexity index is 312. The van der Waals surface area contributed by atoms with E-state index in [9.17, 15) is 0 Å². The molecule has 0 bridgehead atoms. The predicted molar refractivity (Wildman–Crippen MR) is 58.4 cm³/mol. The summed E-state index contributed by atoms with van der Waals surface area (Å²) < 4.78 is 2.53. The zero-order valence-corrected chi connectivity index (χ0v) is 9.51. The molecule has 1 aromatic heterocycles. The lowest BCUT2D eigenvalue weighted by Gasteiger charge is -2.10. The van der Waals surface area contributed by atoms with Crippen LogP contribution in [0.3, 0.4) is 0 Å². The Morgan fingerprint density at radius 2 is 1.50 bits per heavy atom. The molecule has 1 heterocycles. The molecule has 1 fully saturated rings. The highest BCUT2D eigenvalue weighted by Crippen LogP contribution is 2.25. The Morgan fingerprint density at radius 1 is 1.00 bits per heavy atom. The van der Waals surface area contributed by atoms with Crippen LogP contribution in [-0.4, -0.2) is 0 Å². The first-order chi connectivity index (χ1) is 6.68. The third-order valence-electron chi connectivity index (χ3n) is 3.32. The summed E-state index contributed by atoms with van der Waals surface area (Å²) in [5, 5.41) is 0. The molecule has 1 heteroatoms. The van der Waals surface area contributed by atoms with Crippen LogP contribution in [0.2, 0.25) is 0 Å². The smallest absolute Gasteiger partial charge is 0.178 e. The van der Waals surface area contributed by atoms with Crippen molar-refractivity contribution in [3.63, 3.8) is 0 Å². The Balaban J connectivity index is 2.40. The van der Waals surface area contributed by atoms with E-state index in [-0.39, 0.29) is 0 Å². The second kappa shape index (κ2) is 3.72. The van der Waals surface area contributed by atoms with Gasteiger partial charge in [-0.1, -0.05) is 0 Å². The molecular formula is C13H20N+. The standard InChI is InChI=1S/C13H20N/c1-10-8-11(2)14(12(3)9-10)13-6-4-5-7-13/h8-9,13H,4-7H2,1-3H3/q+1. The zero-order valence-electron chi connectivity index (χ0n) is 9.51. The SMILES string of the molecule is Cc1cc(C)[n+](C2CCCC2)c(C)c1. The first-order valence-corrected chi connectivity index (χ1v) is 5.68. The maximum atomic E-state index is 2.53. The number of aromatic nitrogens is 1. The van der Waals surface area contributed by atoms with Crippen LogP contribution in [-0.2, 0) is 0 Å². The molecule has 1 aromatic rings. The quantitative estimate of drug-likeness (QED) is 0.599. The molecule has 0 N–H and O–H groups in total. The van der Waals surface area contributed by atoms with Gasteiger partial charge in [0.05, 0.1) is 0 Å². The van der Waals surface area contributed by atoms with Crippen molar-refractivity contribution >= 4 is 0 Å². The number of aryl methyl sites for hydroxylation is 3. The summed E-state index contributed by atoms with van der Waals surface area (Å²) >= 11 is 0. The van der Waals surface area contributed by atoms with Gasteiger partial charge < -0.3 is 0 Å². The van der Waals surface area contributed by atoms with E-state index in [0.29, 0.717) is 0 Å².